The molecule has 1 aliphatic heterocycles. The first kappa shape index (κ1) is 21.0. The molecule has 0 saturated heterocycles. The molecule has 0 saturated carbocycles. The van der Waals surface area contributed by atoms with Crippen LogP contribution in [0.3, 0.4) is 0 Å². The Labute approximate surface area is 167 Å². The molecule has 0 N–H and O–H groups in total. The van der Waals surface area contributed by atoms with Crippen LogP contribution in [0.1, 0.15) is 10.4 Å². The van der Waals surface area contributed by atoms with Gasteiger partial charge in [0.15, 0.2) is 0 Å². The Bertz CT molecular complexity index is 857. The highest BCUT2D eigenvalue weighted by molar-refractivity contribution is 6.30. The number of allylic oxidation sites excluding steroid dienone is 2. The maximum Gasteiger partial charge on any atom is 0.343 e. The van der Waals surface area contributed by atoms with Crippen molar-refractivity contribution in [2.75, 3.05) is 14.2 Å². The molecule has 2 rings (SSSR count). The molecular weight excluding hydrogens is 386 g/mol. The predicted molar refractivity (Wildman–Crippen MR) is 102 cm³/mol. The van der Waals surface area contributed by atoms with Gasteiger partial charge in [-0.1, -0.05) is 29.8 Å². The second kappa shape index (κ2) is 10.1. The van der Waals surface area contributed by atoms with Gasteiger partial charge in [-0.15, -0.1) is 0 Å². The van der Waals surface area contributed by atoms with E-state index in [4.69, 9.17) is 21.1 Å². The van der Waals surface area contributed by atoms with Crippen molar-refractivity contribution in [2.24, 2.45) is 5.92 Å². The van der Waals surface area contributed by atoms with Gasteiger partial charge >= 0.3 is 17.9 Å². The van der Waals surface area contributed by atoms with E-state index < -0.39 is 23.8 Å². The molecule has 1 aliphatic rings. The van der Waals surface area contributed by atoms with Gasteiger partial charge in [0.05, 0.1) is 25.4 Å². The number of rotatable bonds is 6. The lowest BCUT2D eigenvalue weighted by molar-refractivity contribution is -0.136. The van der Waals surface area contributed by atoms with Crippen molar-refractivity contribution in [3.8, 4) is 0 Å². The molecule has 0 bridgehead atoms. The summed E-state index contributed by atoms with van der Waals surface area (Å²) in [5.41, 5.74) is 0.379. The number of hydrogen-bond donors (Lipinski definition) is 0. The number of benzene rings is 1. The quantitative estimate of drug-likeness (QED) is 0.312. The van der Waals surface area contributed by atoms with Crippen molar-refractivity contribution in [1.29, 1.82) is 0 Å². The average Bonchev–Trinajstić information content (AvgIpc) is 2.72. The van der Waals surface area contributed by atoms with Gasteiger partial charge in [0.25, 0.3) is 0 Å². The summed E-state index contributed by atoms with van der Waals surface area (Å²) in [6.07, 6.45) is 10.4. The zero-order valence-corrected chi connectivity index (χ0v) is 16.0. The Morgan fingerprint density at radius 3 is 2.43 bits per heavy atom. The molecule has 28 heavy (non-hydrogen) atoms. The highest BCUT2D eigenvalue weighted by Crippen LogP contribution is 2.21. The minimum Gasteiger partial charge on any atom is -0.466 e. The van der Waals surface area contributed by atoms with Crippen LogP contribution in [0, 0.1) is 5.92 Å². The third-order valence-corrected chi connectivity index (χ3v) is 3.88. The van der Waals surface area contributed by atoms with Crippen molar-refractivity contribution in [1.82, 2.24) is 4.90 Å². The maximum absolute atomic E-state index is 12.1. The molecular formula is C20H18ClNO6. The Kier molecular flexibility index (Phi) is 7.59. The lowest BCUT2D eigenvalue weighted by atomic mass is 9.98. The fraction of sp³-hybridized carbons (Fsp3) is 0.150. The third-order valence-electron chi connectivity index (χ3n) is 3.65. The minimum atomic E-state index is -0.657. The van der Waals surface area contributed by atoms with Crippen LogP contribution in [0.15, 0.2) is 72.9 Å². The number of hydrogen-bond acceptors (Lipinski definition) is 7. The van der Waals surface area contributed by atoms with Crippen LogP contribution in [0.4, 0.5) is 0 Å². The van der Waals surface area contributed by atoms with Crippen LogP contribution < -0.4 is 0 Å². The highest BCUT2D eigenvalue weighted by atomic mass is 35.5. The van der Waals surface area contributed by atoms with Gasteiger partial charge in [-0.3, -0.25) is 0 Å². The van der Waals surface area contributed by atoms with Crippen LogP contribution in [0.5, 0.6) is 0 Å². The molecule has 1 aromatic carbocycles. The molecule has 0 amide bonds. The fourth-order valence-corrected chi connectivity index (χ4v) is 2.39. The molecule has 146 valence electrons. The summed E-state index contributed by atoms with van der Waals surface area (Å²) < 4.78 is 14.4. The standard InChI is InChI=1S/C20H18ClNO6/c1-26-18(23)8-11-22-9-6-14(7-10-22)17(20(25)27-2)13-28-19(24)15-4-3-5-16(21)12-15/h3-14H,1-2H3/b11-8+,17-13+. The summed E-state index contributed by atoms with van der Waals surface area (Å²) in [5.74, 6) is -2.28. The number of carbonyl (C=O) groups is 3. The maximum atomic E-state index is 12.1. The van der Waals surface area contributed by atoms with Gasteiger partial charge in [-0.25, -0.2) is 14.4 Å². The average molecular weight is 404 g/mol. The third kappa shape index (κ3) is 5.85. The zero-order chi connectivity index (χ0) is 20.5. The number of nitrogens with zero attached hydrogens (tertiary/aromatic N) is 1. The minimum absolute atomic E-state index is 0.127. The smallest absolute Gasteiger partial charge is 0.343 e. The molecule has 7 nitrogen and oxygen atoms in total. The largest absolute Gasteiger partial charge is 0.466 e. The van der Waals surface area contributed by atoms with Gasteiger partial charge in [0.1, 0.15) is 6.26 Å². The van der Waals surface area contributed by atoms with E-state index in [-0.39, 0.29) is 11.1 Å². The summed E-state index contributed by atoms with van der Waals surface area (Å²) in [6.45, 7) is 0. The van der Waals surface area contributed by atoms with Gasteiger partial charge in [0.2, 0.25) is 0 Å². The Morgan fingerprint density at radius 1 is 1.11 bits per heavy atom. The molecule has 0 spiro atoms. The van der Waals surface area contributed by atoms with E-state index in [1.54, 1.807) is 47.7 Å². The topological polar surface area (TPSA) is 82.1 Å². The van der Waals surface area contributed by atoms with Crippen molar-refractivity contribution in [3.63, 3.8) is 0 Å². The number of ether oxygens (including phenoxy) is 3. The van der Waals surface area contributed by atoms with E-state index in [1.165, 1.54) is 32.6 Å². The van der Waals surface area contributed by atoms with E-state index in [0.29, 0.717) is 5.02 Å². The Morgan fingerprint density at radius 2 is 1.82 bits per heavy atom. The summed E-state index contributed by atoms with van der Waals surface area (Å²) in [7, 11) is 2.51. The first-order chi connectivity index (χ1) is 13.4. The van der Waals surface area contributed by atoms with Gasteiger partial charge in [-0.05, 0) is 18.2 Å². The molecule has 0 unspecified atom stereocenters. The second-order valence-electron chi connectivity index (χ2n) is 5.48. The summed E-state index contributed by atoms with van der Waals surface area (Å²) in [4.78, 5) is 37.0. The second-order valence-corrected chi connectivity index (χ2v) is 5.91. The van der Waals surface area contributed by atoms with Crippen LogP contribution in [0.2, 0.25) is 5.02 Å². The van der Waals surface area contributed by atoms with Gasteiger partial charge in [0, 0.05) is 35.6 Å². The van der Waals surface area contributed by atoms with Crippen LogP contribution in [-0.4, -0.2) is 37.0 Å². The van der Waals surface area contributed by atoms with Crippen molar-refractivity contribution < 1.29 is 28.6 Å². The summed E-state index contributed by atoms with van der Waals surface area (Å²) in [5, 5.41) is 0.393. The van der Waals surface area contributed by atoms with Crippen molar-refractivity contribution in [3.05, 3.63) is 83.5 Å². The fourth-order valence-electron chi connectivity index (χ4n) is 2.20. The van der Waals surface area contributed by atoms with Gasteiger partial charge in [-0.2, -0.15) is 0 Å². The molecule has 0 radical (unpaired) electrons. The van der Waals surface area contributed by atoms with Crippen molar-refractivity contribution in [2.45, 2.75) is 0 Å². The lowest BCUT2D eigenvalue weighted by Crippen LogP contribution is -2.17. The number of carbonyl (C=O) groups excluding carboxylic acids is 3. The molecule has 1 heterocycles. The molecule has 0 aliphatic carbocycles. The van der Waals surface area contributed by atoms with E-state index in [1.807, 2.05) is 0 Å². The first-order valence-electron chi connectivity index (χ1n) is 8.09. The SMILES string of the molecule is COC(=O)/C=C/N1C=CC(/C(=C\OC(=O)c2cccc(Cl)c2)C(=O)OC)C=C1. The molecule has 8 heteroatoms. The number of halogens is 1. The Hall–Kier alpha value is -3.32. The summed E-state index contributed by atoms with van der Waals surface area (Å²) >= 11 is 5.86. The van der Waals surface area contributed by atoms with Gasteiger partial charge < -0.3 is 19.1 Å². The van der Waals surface area contributed by atoms with E-state index in [0.717, 1.165) is 6.26 Å². The molecule has 1 aromatic rings. The highest BCUT2D eigenvalue weighted by Gasteiger charge is 2.21. The van der Waals surface area contributed by atoms with Crippen LogP contribution >= 0.6 is 11.6 Å². The van der Waals surface area contributed by atoms with E-state index in [2.05, 4.69) is 4.74 Å². The molecule has 0 fully saturated rings. The van der Waals surface area contributed by atoms with E-state index >= 15 is 0 Å². The Balaban J connectivity index is 2.12. The van der Waals surface area contributed by atoms with Crippen LogP contribution in [0.25, 0.3) is 0 Å². The normalized spacial score (nSPS) is 14.2. The first-order valence-corrected chi connectivity index (χ1v) is 8.47. The zero-order valence-electron chi connectivity index (χ0n) is 15.2. The lowest BCUT2D eigenvalue weighted by Gasteiger charge is -2.19. The predicted octanol–water partition coefficient (Wildman–Crippen LogP) is 3.20. The number of esters is 3. The monoisotopic (exact) mass is 403 g/mol. The van der Waals surface area contributed by atoms with Crippen LogP contribution in [-0.2, 0) is 23.8 Å². The van der Waals surface area contributed by atoms with E-state index in [9.17, 15) is 14.4 Å². The number of methoxy groups -OCH3 is 2. The molecule has 0 aromatic heterocycles. The van der Waals surface area contributed by atoms with Crippen molar-refractivity contribution >= 4 is 29.5 Å². The molecule has 0 atom stereocenters. The summed E-state index contributed by atoms with van der Waals surface area (Å²) in [6, 6.07) is 6.26.